The number of anilines is 1. The van der Waals surface area contributed by atoms with Gasteiger partial charge in [-0.3, -0.25) is 14.9 Å². The number of ether oxygens (including phenoxy) is 1. The molecule has 0 saturated heterocycles. The fourth-order valence-electron chi connectivity index (χ4n) is 2.22. The van der Waals surface area contributed by atoms with Crippen molar-refractivity contribution in [2.45, 2.75) is 6.42 Å². The van der Waals surface area contributed by atoms with Crippen molar-refractivity contribution >= 4 is 46.0 Å². The van der Waals surface area contributed by atoms with E-state index in [2.05, 4.69) is 10.3 Å². The zero-order valence-electron chi connectivity index (χ0n) is 13.0. The average molecular weight is 376 g/mol. The Labute approximate surface area is 153 Å². The van der Waals surface area contributed by atoms with E-state index in [1.807, 2.05) is 12.1 Å². The summed E-state index contributed by atoms with van der Waals surface area (Å²) < 4.78 is 5.62. The van der Waals surface area contributed by atoms with E-state index in [-0.39, 0.29) is 12.3 Å². The van der Waals surface area contributed by atoms with Crippen LogP contribution in [0.1, 0.15) is 11.3 Å². The minimum Gasteiger partial charge on any atom is -0.488 e. The van der Waals surface area contributed by atoms with Crippen LogP contribution in [0.3, 0.4) is 0 Å². The maximum absolute atomic E-state index is 12.0. The highest BCUT2D eigenvalue weighted by molar-refractivity contribution is 7.14. The molecule has 8 heteroatoms. The summed E-state index contributed by atoms with van der Waals surface area (Å²) in [5, 5.41) is 5.36. The Balaban J connectivity index is 1.63. The number of amides is 2. The zero-order chi connectivity index (χ0) is 17.8. The number of nitrogens with two attached hydrogens (primary N) is 1. The smallest absolute Gasteiger partial charge is 0.250 e. The van der Waals surface area contributed by atoms with Gasteiger partial charge in [0, 0.05) is 22.0 Å². The largest absolute Gasteiger partial charge is 0.488 e. The maximum Gasteiger partial charge on any atom is 0.250 e. The van der Waals surface area contributed by atoms with Gasteiger partial charge in [-0.15, -0.1) is 11.3 Å². The third kappa shape index (κ3) is 4.68. The van der Waals surface area contributed by atoms with Crippen molar-refractivity contribution in [1.82, 2.24) is 4.98 Å². The SMILES string of the molecule is NC(=O)Cc1csc(NC(=O)/C=C/C2=Cc3cc(Cl)ccc3OC2)n1. The van der Waals surface area contributed by atoms with Crippen LogP contribution in [0.15, 0.2) is 41.3 Å². The van der Waals surface area contributed by atoms with E-state index in [1.54, 1.807) is 23.6 Å². The monoisotopic (exact) mass is 375 g/mol. The van der Waals surface area contributed by atoms with Gasteiger partial charge < -0.3 is 10.5 Å². The minimum absolute atomic E-state index is 0.0500. The summed E-state index contributed by atoms with van der Waals surface area (Å²) in [6, 6.07) is 5.39. The van der Waals surface area contributed by atoms with Crippen LogP contribution in [0.4, 0.5) is 5.13 Å². The molecule has 3 rings (SSSR count). The molecule has 0 aliphatic carbocycles. The molecule has 0 saturated carbocycles. The van der Waals surface area contributed by atoms with E-state index in [0.29, 0.717) is 22.5 Å². The second-order valence-corrected chi connectivity index (χ2v) is 6.59. The highest BCUT2D eigenvalue weighted by Gasteiger charge is 2.11. The number of benzene rings is 1. The maximum atomic E-state index is 12.0. The van der Waals surface area contributed by atoms with Crippen LogP contribution in [0, 0.1) is 0 Å². The number of rotatable bonds is 5. The number of thiazole rings is 1. The first-order valence-corrected chi connectivity index (χ1v) is 8.60. The Morgan fingerprint density at radius 2 is 2.28 bits per heavy atom. The Morgan fingerprint density at radius 1 is 1.44 bits per heavy atom. The van der Waals surface area contributed by atoms with Gasteiger partial charge >= 0.3 is 0 Å². The molecule has 0 unspecified atom stereocenters. The number of hydrogen-bond donors (Lipinski definition) is 2. The number of aromatic nitrogens is 1. The van der Waals surface area contributed by atoms with E-state index >= 15 is 0 Å². The lowest BCUT2D eigenvalue weighted by Crippen LogP contribution is -2.14. The highest BCUT2D eigenvalue weighted by atomic mass is 35.5. The lowest BCUT2D eigenvalue weighted by Gasteiger charge is -2.16. The second-order valence-electron chi connectivity index (χ2n) is 5.30. The molecule has 1 aromatic carbocycles. The third-order valence-corrected chi connectivity index (χ3v) is 4.33. The molecule has 2 heterocycles. The van der Waals surface area contributed by atoms with E-state index in [9.17, 15) is 9.59 Å². The third-order valence-electron chi connectivity index (χ3n) is 3.29. The Bertz CT molecular complexity index is 889. The first-order chi connectivity index (χ1) is 12.0. The number of nitrogens with one attached hydrogen (secondary N) is 1. The summed E-state index contributed by atoms with van der Waals surface area (Å²) in [7, 11) is 0. The van der Waals surface area contributed by atoms with Gasteiger partial charge in [0.15, 0.2) is 5.13 Å². The quantitative estimate of drug-likeness (QED) is 0.785. The molecule has 6 nitrogen and oxygen atoms in total. The summed E-state index contributed by atoms with van der Waals surface area (Å²) in [4.78, 5) is 26.9. The summed E-state index contributed by atoms with van der Waals surface area (Å²) in [5.74, 6) is -0.0266. The number of primary amides is 1. The molecule has 25 heavy (non-hydrogen) atoms. The van der Waals surface area contributed by atoms with E-state index in [4.69, 9.17) is 22.1 Å². The van der Waals surface area contributed by atoms with Crippen molar-refractivity contribution in [1.29, 1.82) is 0 Å². The van der Waals surface area contributed by atoms with Crippen molar-refractivity contribution in [2.24, 2.45) is 5.73 Å². The van der Waals surface area contributed by atoms with Gasteiger partial charge in [-0.25, -0.2) is 4.98 Å². The molecular weight excluding hydrogens is 362 g/mol. The molecule has 0 fully saturated rings. The van der Waals surface area contributed by atoms with Gasteiger partial charge in [0.2, 0.25) is 11.8 Å². The van der Waals surface area contributed by atoms with Crippen LogP contribution in [0.25, 0.3) is 6.08 Å². The number of hydrogen-bond acceptors (Lipinski definition) is 5. The molecule has 2 amide bonds. The van der Waals surface area contributed by atoms with Crippen molar-refractivity contribution in [3.63, 3.8) is 0 Å². The number of fused-ring (bicyclic) bond motifs is 1. The topological polar surface area (TPSA) is 94.3 Å². The molecule has 0 radical (unpaired) electrons. The van der Waals surface area contributed by atoms with Crippen molar-refractivity contribution < 1.29 is 14.3 Å². The van der Waals surface area contributed by atoms with Crippen molar-refractivity contribution in [3.8, 4) is 5.75 Å². The fraction of sp³-hybridized carbons (Fsp3) is 0.118. The summed E-state index contributed by atoms with van der Waals surface area (Å²) in [5.41, 5.74) is 7.36. The molecule has 1 aliphatic rings. The number of halogens is 1. The summed E-state index contributed by atoms with van der Waals surface area (Å²) >= 11 is 7.21. The first-order valence-electron chi connectivity index (χ1n) is 7.34. The molecule has 3 N–H and O–H groups in total. The van der Waals surface area contributed by atoms with Crippen LogP contribution in [0.5, 0.6) is 5.75 Å². The minimum atomic E-state index is -0.465. The Kier molecular flexibility index (Phi) is 5.16. The lowest BCUT2D eigenvalue weighted by atomic mass is 10.1. The molecule has 0 bridgehead atoms. The molecule has 1 aliphatic heterocycles. The van der Waals surface area contributed by atoms with Gasteiger partial charge in [0.05, 0.1) is 12.1 Å². The first kappa shape index (κ1) is 17.2. The van der Waals surface area contributed by atoms with Gasteiger partial charge in [-0.05, 0) is 29.8 Å². The van der Waals surface area contributed by atoms with Crippen LogP contribution in [0.2, 0.25) is 5.02 Å². The summed E-state index contributed by atoms with van der Waals surface area (Å²) in [6.45, 7) is 0.373. The Morgan fingerprint density at radius 3 is 3.08 bits per heavy atom. The molecule has 1 aromatic heterocycles. The van der Waals surface area contributed by atoms with E-state index < -0.39 is 5.91 Å². The predicted octanol–water partition coefficient (Wildman–Crippen LogP) is 2.80. The molecule has 2 aromatic rings. The van der Waals surface area contributed by atoms with Crippen LogP contribution in [-0.4, -0.2) is 23.4 Å². The predicted molar refractivity (Wildman–Crippen MR) is 97.7 cm³/mol. The zero-order valence-corrected chi connectivity index (χ0v) is 14.6. The van der Waals surface area contributed by atoms with Gasteiger partial charge in [0.1, 0.15) is 12.4 Å². The van der Waals surface area contributed by atoms with Crippen molar-refractivity contribution in [2.75, 3.05) is 11.9 Å². The normalized spacial score (nSPS) is 13.1. The number of carbonyl (C=O) groups is 2. The molecular formula is C17H14ClN3O3S. The molecule has 128 valence electrons. The van der Waals surface area contributed by atoms with Crippen molar-refractivity contribution in [3.05, 3.63) is 57.6 Å². The number of nitrogens with zero attached hydrogens (tertiary/aromatic N) is 1. The second kappa shape index (κ2) is 7.50. The van der Waals surface area contributed by atoms with Crippen LogP contribution >= 0.6 is 22.9 Å². The number of carbonyl (C=O) groups excluding carboxylic acids is 2. The molecule has 0 atom stereocenters. The Hall–Kier alpha value is -2.64. The fourth-order valence-corrected chi connectivity index (χ4v) is 3.11. The lowest BCUT2D eigenvalue weighted by molar-refractivity contribution is -0.117. The standard InChI is InChI=1S/C17H14ClN3O3S/c18-12-2-3-14-11(6-12)5-10(8-24-14)1-4-16(23)21-17-20-13(9-25-17)7-15(19)22/h1-6,9H,7-8H2,(H2,19,22)(H,20,21,23)/b4-1+. The van der Waals surface area contributed by atoms with E-state index in [1.165, 1.54) is 17.4 Å². The van der Waals surface area contributed by atoms with E-state index in [0.717, 1.165) is 16.9 Å². The van der Waals surface area contributed by atoms with Gasteiger partial charge in [0.25, 0.3) is 0 Å². The summed E-state index contributed by atoms with van der Waals surface area (Å²) in [6.07, 6.45) is 5.05. The van der Waals surface area contributed by atoms with Crippen LogP contribution < -0.4 is 15.8 Å². The molecule has 0 spiro atoms. The van der Waals surface area contributed by atoms with Gasteiger partial charge in [-0.1, -0.05) is 17.7 Å². The average Bonchev–Trinajstić information content (AvgIpc) is 2.98. The van der Waals surface area contributed by atoms with Gasteiger partial charge in [-0.2, -0.15) is 0 Å². The highest BCUT2D eigenvalue weighted by Crippen LogP contribution is 2.29. The van der Waals surface area contributed by atoms with Crippen LogP contribution in [-0.2, 0) is 16.0 Å².